The summed E-state index contributed by atoms with van der Waals surface area (Å²) in [5.41, 5.74) is 8.79. The van der Waals surface area contributed by atoms with Crippen LogP contribution in [0.15, 0.2) is 30.5 Å². The summed E-state index contributed by atoms with van der Waals surface area (Å²) in [7, 11) is 0. The van der Waals surface area contributed by atoms with Gasteiger partial charge in [-0.2, -0.15) is 0 Å². The Bertz CT molecular complexity index is 546. The van der Waals surface area contributed by atoms with Crippen LogP contribution in [0.1, 0.15) is 5.56 Å². The lowest BCUT2D eigenvalue weighted by Crippen LogP contribution is -1.94. The van der Waals surface area contributed by atoms with Crippen LogP contribution in [0.5, 0.6) is 0 Å². The molecule has 2 aromatic rings. The highest BCUT2D eigenvalue weighted by Crippen LogP contribution is 2.30. The minimum absolute atomic E-state index is 0. The number of nitrogen functional groups attached to an aromatic ring is 1. The number of anilines is 1. The molecule has 5 heteroatoms. The molecule has 0 bridgehead atoms. The molecule has 17 heavy (non-hydrogen) atoms. The van der Waals surface area contributed by atoms with E-state index in [0.717, 1.165) is 16.7 Å². The maximum Gasteiger partial charge on any atom is 0.129 e. The quantitative estimate of drug-likeness (QED) is 0.807. The van der Waals surface area contributed by atoms with Gasteiger partial charge in [-0.3, -0.25) is 0 Å². The van der Waals surface area contributed by atoms with Gasteiger partial charge in [0.1, 0.15) is 11.0 Å². The number of pyridine rings is 1. The SMILES string of the molecule is Br.Cc1cc(F)ccc1-c1cc(Cl)ncc1N. The van der Waals surface area contributed by atoms with E-state index in [-0.39, 0.29) is 22.8 Å². The van der Waals surface area contributed by atoms with Crippen molar-refractivity contribution in [3.05, 3.63) is 47.0 Å². The average molecular weight is 318 g/mol. The zero-order chi connectivity index (χ0) is 11.7. The second-order valence-corrected chi connectivity index (χ2v) is 3.94. The van der Waals surface area contributed by atoms with Crippen LogP contribution in [0.2, 0.25) is 5.15 Å². The van der Waals surface area contributed by atoms with Crippen LogP contribution in [0, 0.1) is 12.7 Å². The third kappa shape index (κ3) is 2.96. The molecule has 0 atom stereocenters. The Morgan fingerprint density at radius 3 is 2.59 bits per heavy atom. The van der Waals surface area contributed by atoms with Crippen LogP contribution in [-0.4, -0.2) is 4.98 Å². The Labute approximate surface area is 114 Å². The minimum Gasteiger partial charge on any atom is -0.397 e. The molecule has 1 aromatic carbocycles. The molecule has 0 spiro atoms. The molecule has 0 radical (unpaired) electrons. The molecule has 0 saturated heterocycles. The Balaban J connectivity index is 0.00000144. The molecule has 0 aliphatic carbocycles. The van der Waals surface area contributed by atoms with Crippen LogP contribution in [0.25, 0.3) is 11.1 Å². The van der Waals surface area contributed by atoms with Gasteiger partial charge in [-0.15, -0.1) is 17.0 Å². The summed E-state index contributed by atoms with van der Waals surface area (Å²) in [6.45, 7) is 1.83. The fraction of sp³-hybridized carbons (Fsp3) is 0.0833. The normalized spacial score (nSPS) is 9.82. The molecule has 1 heterocycles. The van der Waals surface area contributed by atoms with Gasteiger partial charge in [0.15, 0.2) is 0 Å². The van der Waals surface area contributed by atoms with E-state index in [1.54, 1.807) is 12.1 Å². The molecule has 0 aliphatic rings. The van der Waals surface area contributed by atoms with Crippen molar-refractivity contribution in [2.75, 3.05) is 5.73 Å². The van der Waals surface area contributed by atoms with Crippen LogP contribution in [-0.2, 0) is 0 Å². The molecule has 2 rings (SSSR count). The average Bonchev–Trinajstić information content (AvgIpc) is 2.22. The molecule has 0 saturated carbocycles. The number of aromatic nitrogens is 1. The van der Waals surface area contributed by atoms with Gasteiger partial charge in [-0.25, -0.2) is 9.37 Å². The topological polar surface area (TPSA) is 38.9 Å². The maximum atomic E-state index is 13.0. The molecule has 90 valence electrons. The predicted octanol–water partition coefficient (Wildman–Crippen LogP) is 4.01. The largest absolute Gasteiger partial charge is 0.397 e. The molecule has 0 amide bonds. The molecule has 2 N–H and O–H groups in total. The third-order valence-corrected chi connectivity index (χ3v) is 2.59. The van der Waals surface area contributed by atoms with E-state index in [1.807, 2.05) is 6.92 Å². The summed E-state index contributed by atoms with van der Waals surface area (Å²) in [6.07, 6.45) is 1.50. The third-order valence-electron chi connectivity index (χ3n) is 2.38. The monoisotopic (exact) mass is 316 g/mol. The highest BCUT2D eigenvalue weighted by atomic mass is 79.9. The number of hydrogen-bond donors (Lipinski definition) is 1. The van der Waals surface area contributed by atoms with Crippen molar-refractivity contribution in [1.82, 2.24) is 4.98 Å². The highest BCUT2D eigenvalue weighted by Gasteiger charge is 2.07. The fourth-order valence-corrected chi connectivity index (χ4v) is 1.76. The Kier molecular flexibility index (Phi) is 4.48. The molecular weight excluding hydrogens is 307 g/mol. The van der Waals surface area contributed by atoms with Crippen LogP contribution in [0.4, 0.5) is 10.1 Å². The van der Waals surface area contributed by atoms with Gasteiger partial charge < -0.3 is 5.73 Å². The summed E-state index contributed by atoms with van der Waals surface area (Å²) in [4.78, 5) is 3.88. The highest BCUT2D eigenvalue weighted by molar-refractivity contribution is 8.93. The summed E-state index contributed by atoms with van der Waals surface area (Å²) in [6, 6.07) is 6.23. The van der Waals surface area contributed by atoms with Crippen molar-refractivity contribution in [2.45, 2.75) is 6.92 Å². The van der Waals surface area contributed by atoms with E-state index < -0.39 is 0 Å². The molecule has 2 nitrogen and oxygen atoms in total. The number of hydrogen-bond acceptors (Lipinski definition) is 2. The van der Waals surface area contributed by atoms with E-state index >= 15 is 0 Å². The summed E-state index contributed by atoms with van der Waals surface area (Å²) >= 11 is 5.81. The summed E-state index contributed by atoms with van der Waals surface area (Å²) in [5, 5.41) is 0.368. The van der Waals surface area contributed by atoms with E-state index in [0.29, 0.717) is 10.8 Å². The van der Waals surface area contributed by atoms with Crippen molar-refractivity contribution >= 4 is 34.3 Å². The molecule has 0 aliphatic heterocycles. The molecule has 0 unspecified atom stereocenters. The first-order valence-corrected chi connectivity index (χ1v) is 5.13. The van der Waals surface area contributed by atoms with E-state index in [1.165, 1.54) is 18.3 Å². The Hall–Kier alpha value is -1.13. The van der Waals surface area contributed by atoms with Crippen molar-refractivity contribution in [3.8, 4) is 11.1 Å². The van der Waals surface area contributed by atoms with Crippen molar-refractivity contribution in [2.24, 2.45) is 0 Å². The predicted molar refractivity (Wildman–Crippen MR) is 74.1 cm³/mol. The molecular formula is C12H11BrClFN2. The number of nitrogens with two attached hydrogens (primary N) is 1. The lowest BCUT2D eigenvalue weighted by Gasteiger charge is -2.09. The van der Waals surface area contributed by atoms with Crippen LogP contribution in [0.3, 0.4) is 0 Å². The second-order valence-electron chi connectivity index (χ2n) is 3.55. The van der Waals surface area contributed by atoms with Gasteiger partial charge in [-0.1, -0.05) is 17.7 Å². The van der Waals surface area contributed by atoms with Gasteiger partial charge in [-0.05, 0) is 36.2 Å². The van der Waals surface area contributed by atoms with E-state index in [2.05, 4.69) is 4.98 Å². The van der Waals surface area contributed by atoms with Crippen molar-refractivity contribution in [3.63, 3.8) is 0 Å². The lowest BCUT2D eigenvalue weighted by molar-refractivity contribution is 0.627. The number of rotatable bonds is 1. The zero-order valence-corrected chi connectivity index (χ0v) is 11.5. The summed E-state index contributed by atoms with van der Waals surface area (Å²) in [5.74, 6) is -0.264. The molecule has 0 fully saturated rings. The van der Waals surface area contributed by atoms with Gasteiger partial charge >= 0.3 is 0 Å². The van der Waals surface area contributed by atoms with Gasteiger partial charge in [0.2, 0.25) is 0 Å². The first-order valence-electron chi connectivity index (χ1n) is 4.75. The number of halogens is 3. The first-order chi connectivity index (χ1) is 7.58. The minimum atomic E-state index is -0.264. The standard InChI is InChI=1S/C12H10ClFN2.BrH/c1-7-4-8(14)2-3-9(7)10-5-12(13)16-6-11(10)15;/h2-6H,15H2,1H3;1H. The summed E-state index contributed by atoms with van der Waals surface area (Å²) < 4.78 is 13.0. The van der Waals surface area contributed by atoms with E-state index in [9.17, 15) is 4.39 Å². The Morgan fingerprint density at radius 1 is 1.24 bits per heavy atom. The number of aryl methyl sites for hydroxylation is 1. The van der Waals surface area contributed by atoms with Crippen LogP contribution < -0.4 is 5.73 Å². The number of benzene rings is 1. The second kappa shape index (κ2) is 5.47. The Morgan fingerprint density at radius 2 is 1.94 bits per heavy atom. The van der Waals surface area contributed by atoms with Gasteiger partial charge in [0, 0.05) is 5.56 Å². The van der Waals surface area contributed by atoms with Gasteiger partial charge in [0.25, 0.3) is 0 Å². The smallest absolute Gasteiger partial charge is 0.129 e. The van der Waals surface area contributed by atoms with Crippen molar-refractivity contribution in [1.29, 1.82) is 0 Å². The maximum absolute atomic E-state index is 13.0. The number of nitrogens with zero attached hydrogens (tertiary/aromatic N) is 1. The molecule has 1 aromatic heterocycles. The van der Waals surface area contributed by atoms with Gasteiger partial charge in [0.05, 0.1) is 11.9 Å². The van der Waals surface area contributed by atoms with E-state index in [4.69, 9.17) is 17.3 Å². The first kappa shape index (κ1) is 13.9. The fourth-order valence-electron chi connectivity index (χ4n) is 1.60. The van der Waals surface area contributed by atoms with Crippen LogP contribution >= 0.6 is 28.6 Å². The zero-order valence-electron chi connectivity index (χ0n) is 9.08. The lowest BCUT2D eigenvalue weighted by atomic mass is 10.0. The van der Waals surface area contributed by atoms with Crippen molar-refractivity contribution < 1.29 is 4.39 Å².